The van der Waals surface area contributed by atoms with Gasteiger partial charge in [0.05, 0.1) is 11.3 Å². The number of benzene rings is 1. The molecule has 0 aliphatic heterocycles. The van der Waals surface area contributed by atoms with Crippen LogP contribution in [0, 0.1) is 11.3 Å². The lowest BCUT2D eigenvalue weighted by Gasteiger charge is -2.38. The summed E-state index contributed by atoms with van der Waals surface area (Å²) in [5, 5.41) is 23.7. The molecule has 0 saturated heterocycles. The first kappa shape index (κ1) is 15.0. The highest BCUT2D eigenvalue weighted by molar-refractivity contribution is 5.92. The summed E-state index contributed by atoms with van der Waals surface area (Å²) in [7, 11) is 0. The standard InChI is InChI=1S/C15H17N3O3/c16-10-11-4-1-2-5-12(11)18-13(19)6-9-17-15(14(20)21)7-3-8-15/h1-2,4-5,17H,3,6-9H2,(H,18,19)(H,20,21). The molecule has 110 valence electrons. The van der Waals surface area contributed by atoms with Crippen LogP contribution in [-0.4, -0.2) is 29.1 Å². The van der Waals surface area contributed by atoms with Gasteiger partial charge in [-0.1, -0.05) is 12.1 Å². The Morgan fingerprint density at radius 1 is 1.33 bits per heavy atom. The van der Waals surface area contributed by atoms with Crippen LogP contribution in [0.1, 0.15) is 31.2 Å². The fourth-order valence-electron chi connectivity index (χ4n) is 2.31. The van der Waals surface area contributed by atoms with Gasteiger partial charge in [0, 0.05) is 13.0 Å². The molecule has 0 unspecified atom stereocenters. The van der Waals surface area contributed by atoms with Crippen LogP contribution in [0.2, 0.25) is 0 Å². The summed E-state index contributed by atoms with van der Waals surface area (Å²) in [6, 6.07) is 8.76. The predicted molar refractivity (Wildman–Crippen MR) is 76.6 cm³/mol. The Labute approximate surface area is 122 Å². The maximum absolute atomic E-state index is 11.8. The molecule has 6 nitrogen and oxygen atoms in total. The summed E-state index contributed by atoms with van der Waals surface area (Å²) in [6.07, 6.45) is 2.25. The van der Waals surface area contributed by atoms with Crippen LogP contribution in [0.5, 0.6) is 0 Å². The Morgan fingerprint density at radius 2 is 2.05 bits per heavy atom. The lowest BCUT2D eigenvalue weighted by molar-refractivity contribution is -0.149. The molecule has 1 aliphatic carbocycles. The van der Waals surface area contributed by atoms with Crippen LogP contribution in [0.15, 0.2) is 24.3 Å². The van der Waals surface area contributed by atoms with Gasteiger partial charge in [0.2, 0.25) is 5.91 Å². The molecule has 1 aliphatic rings. The molecule has 21 heavy (non-hydrogen) atoms. The van der Waals surface area contributed by atoms with Crippen molar-refractivity contribution < 1.29 is 14.7 Å². The molecule has 1 amide bonds. The number of nitrogens with zero attached hydrogens (tertiary/aromatic N) is 1. The first-order valence-corrected chi connectivity index (χ1v) is 6.85. The fraction of sp³-hybridized carbons (Fsp3) is 0.400. The summed E-state index contributed by atoms with van der Waals surface area (Å²) < 4.78 is 0. The topological polar surface area (TPSA) is 102 Å². The van der Waals surface area contributed by atoms with Crippen LogP contribution >= 0.6 is 0 Å². The molecule has 2 rings (SSSR count). The number of hydrogen-bond donors (Lipinski definition) is 3. The van der Waals surface area contributed by atoms with Crippen molar-refractivity contribution in [1.29, 1.82) is 5.26 Å². The molecule has 6 heteroatoms. The molecular formula is C15H17N3O3. The minimum absolute atomic E-state index is 0.162. The van der Waals surface area contributed by atoms with Crippen molar-refractivity contribution in [3.63, 3.8) is 0 Å². The average molecular weight is 287 g/mol. The molecule has 1 fully saturated rings. The number of carbonyl (C=O) groups is 2. The maximum Gasteiger partial charge on any atom is 0.323 e. The largest absolute Gasteiger partial charge is 0.480 e. The van der Waals surface area contributed by atoms with Gasteiger partial charge in [-0.05, 0) is 31.4 Å². The van der Waals surface area contributed by atoms with E-state index in [9.17, 15) is 9.59 Å². The Bertz CT molecular complexity index is 588. The van der Waals surface area contributed by atoms with Gasteiger partial charge in [-0.25, -0.2) is 0 Å². The van der Waals surface area contributed by atoms with Gasteiger partial charge < -0.3 is 15.7 Å². The van der Waals surface area contributed by atoms with Crippen molar-refractivity contribution in [2.45, 2.75) is 31.2 Å². The molecule has 0 atom stereocenters. The molecule has 0 heterocycles. The highest BCUT2D eigenvalue weighted by Gasteiger charge is 2.43. The van der Waals surface area contributed by atoms with Crippen LogP contribution < -0.4 is 10.6 Å². The second-order valence-electron chi connectivity index (χ2n) is 5.12. The zero-order chi connectivity index (χ0) is 15.3. The number of nitrogens with one attached hydrogen (secondary N) is 2. The second kappa shape index (κ2) is 6.37. The van der Waals surface area contributed by atoms with Crippen LogP contribution in [0.25, 0.3) is 0 Å². The summed E-state index contributed by atoms with van der Waals surface area (Å²) in [5.41, 5.74) is 0.0200. The van der Waals surface area contributed by atoms with E-state index in [-0.39, 0.29) is 12.3 Å². The van der Waals surface area contributed by atoms with Crippen molar-refractivity contribution >= 4 is 17.6 Å². The van der Waals surface area contributed by atoms with E-state index in [0.717, 1.165) is 6.42 Å². The minimum Gasteiger partial charge on any atom is -0.480 e. The van der Waals surface area contributed by atoms with E-state index in [2.05, 4.69) is 10.6 Å². The molecule has 3 N–H and O–H groups in total. The molecular weight excluding hydrogens is 270 g/mol. The number of rotatable bonds is 6. The first-order chi connectivity index (χ1) is 10.1. The van der Waals surface area contributed by atoms with Gasteiger partial charge in [-0.15, -0.1) is 0 Å². The number of aliphatic carboxylic acids is 1. The second-order valence-corrected chi connectivity index (χ2v) is 5.12. The smallest absolute Gasteiger partial charge is 0.323 e. The number of hydrogen-bond acceptors (Lipinski definition) is 4. The van der Waals surface area contributed by atoms with E-state index in [1.807, 2.05) is 6.07 Å². The molecule has 0 spiro atoms. The summed E-state index contributed by atoms with van der Waals surface area (Å²) >= 11 is 0. The minimum atomic E-state index is -0.857. The molecule has 0 radical (unpaired) electrons. The summed E-state index contributed by atoms with van der Waals surface area (Å²) in [6.45, 7) is 0.298. The molecule has 1 aromatic rings. The van der Waals surface area contributed by atoms with Crippen LogP contribution in [0.4, 0.5) is 5.69 Å². The Balaban J connectivity index is 1.83. The van der Waals surface area contributed by atoms with Crippen LogP contribution in [-0.2, 0) is 9.59 Å². The number of nitriles is 1. The van der Waals surface area contributed by atoms with E-state index in [1.54, 1.807) is 24.3 Å². The van der Waals surface area contributed by atoms with Gasteiger partial charge >= 0.3 is 5.97 Å². The molecule has 1 saturated carbocycles. The van der Waals surface area contributed by atoms with Crippen molar-refractivity contribution in [2.75, 3.05) is 11.9 Å². The van der Waals surface area contributed by atoms with E-state index < -0.39 is 11.5 Å². The van der Waals surface area contributed by atoms with Crippen LogP contribution in [0.3, 0.4) is 0 Å². The van der Waals surface area contributed by atoms with E-state index in [0.29, 0.717) is 30.6 Å². The number of anilines is 1. The SMILES string of the molecule is N#Cc1ccccc1NC(=O)CCNC1(C(=O)O)CCC1. The van der Waals surface area contributed by atoms with Crippen molar-refractivity contribution in [1.82, 2.24) is 5.32 Å². The van der Waals surface area contributed by atoms with Gasteiger partial charge in [-0.3, -0.25) is 9.59 Å². The number of amides is 1. The molecule has 0 bridgehead atoms. The van der Waals surface area contributed by atoms with Gasteiger partial charge in [0.15, 0.2) is 0 Å². The third-order valence-electron chi connectivity index (χ3n) is 3.75. The maximum atomic E-state index is 11.8. The number of carboxylic acids is 1. The van der Waals surface area contributed by atoms with Crippen molar-refractivity contribution in [3.05, 3.63) is 29.8 Å². The van der Waals surface area contributed by atoms with Gasteiger partial charge in [0.1, 0.15) is 11.6 Å². The van der Waals surface area contributed by atoms with E-state index >= 15 is 0 Å². The monoisotopic (exact) mass is 287 g/mol. The Hall–Kier alpha value is -2.39. The lowest BCUT2D eigenvalue weighted by atomic mass is 9.77. The highest BCUT2D eigenvalue weighted by atomic mass is 16.4. The molecule has 1 aromatic carbocycles. The zero-order valence-corrected chi connectivity index (χ0v) is 11.6. The third kappa shape index (κ3) is 3.38. The Kier molecular flexibility index (Phi) is 4.55. The average Bonchev–Trinajstić information content (AvgIpc) is 2.42. The van der Waals surface area contributed by atoms with Gasteiger partial charge in [-0.2, -0.15) is 5.26 Å². The highest BCUT2D eigenvalue weighted by Crippen LogP contribution is 2.31. The number of para-hydroxylation sites is 1. The van der Waals surface area contributed by atoms with E-state index in [1.165, 1.54) is 0 Å². The van der Waals surface area contributed by atoms with Crippen molar-refractivity contribution in [3.8, 4) is 6.07 Å². The van der Waals surface area contributed by atoms with E-state index in [4.69, 9.17) is 10.4 Å². The Morgan fingerprint density at radius 3 is 2.62 bits per heavy atom. The number of carbonyl (C=O) groups excluding carboxylic acids is 1. The first-order valence-electron chi connectivity index (χ1n) is 6.85. The lowest BCUT2D eigenvalue weighted by Crippen LogP contribution is -2.57. The predicted octanol–water partition coefficient (Wildman–Crippen LogP) is 1.48. The normalized spacial score (nSPS) is 15.6. The molecule has 0 aromatic heterocycles. The number of carboxylic acid groups (broad SMARTS) is 1. The quantitative estimate of drug-likeness (QED) is 0.735. The van der Waals surface area contributed by atoms with Gasteiger partial charge in [0.25, 0.3) is 0 Å². The summed E-state index contributed by atoms with van der Waals surface area (Å²) in [4.78, 5) is 23.0. The fourth-order valence-corrected chi connectivity index (χ4v) is 2.31. The third-order valence-corrected chi connectivity index (χ3v) is 3.75. The summed E-state index contributed by atoms with van der Waals surface area (Å²) in [5.74, 6) is -1.10. The van der Waals surface area contributed by atoms with Crippen molar-refractivity contribution in [2.24, 2.45) is 0 Å². The zero-order valence-electron chi connectivity index (χ0n) is 11.6.